The maximum absolute atomic E-state index is 12.3. The lowest BCUT2D eigenvalue weighted by atomic mass is 10.1. The van der Waals surface area contributed by atoms with E-state index in [1.54, 1.807) is 0 Å². The molecule has 0 aliphatic carbocycles. The van der Waals surface area contributed by atoms with Crippen molar-refractivity contribution in [1.29, 1.82) is 0 Å². The second-order valence-electron chi connectivity index (χ2n) is 7.43. The van der Waals surface area contributed by atoms with Crippen LogP contribution in [0.2, 0.25) is 0 Å². The van der Waals surface area contributed by atoms with Gasteiger partial charge in [0.05, 0.1) is 24.9 Å². The van der Waals surface area contributed by atoms with Crippen LogP contribution in [-0.2, 0) is 14.8 Å². The molecule has 1 fully saturated rings. The van der Waals surface area contributed by atoms with Gasteiger partial charge in [0, 0.05) is 26.7 Å². The van der Waals surface area contributed by atoms with E-state index >= 15 is 0 Å². The zero-order valence-electron chi connectivity index (χ0n) is 18.8. The van der Waals surface area contributed by atoms with E-state index in [0.717, 1.165) is 30.6 Å². The van der Waals surface area contributed by atoms with Gasteiger partial charge in [0.2, 0.25) is 10.0 Å². The van der Waals surface area contributed by atoms with Gasteiger partial charge in [-0.15, -0.1) is 24.0 Å². The van der Waals surface area contributed by atoms with Gasteiger partial charge in [-0.2, -0.15) is 0 Å². The summed E-state index contributed by atoms with van der Waals surface area (Å²) in [7, 11) is -1.47. The molecule has 0 spiro atoms. The van der Waals surface area contributed by atoms with Crippen molar-refractivity contribution in [2.75, 3.05) is 52.2 Å². The predicted octanol–water partition coefficient (Wildman–Crippen LogP) is 2.38. The summed E-state index contributed by atoms with van der Waals surface area (Å²) in [5.74, 6) is 1.48. The van der Waals surface area contributed by atoms with Crippen molar-refractivity contribution in [3.05, 3.63) is 29.8 Å². The van der Waals surface area contributed by atoms with Crippen molar-refractivity contribution in [3.63, 3.8) is 0 Å². The third kappa shape index (κ3) is 10.8. The monoisotopic (exact) mass is 568 g/mol. The molecule has 2 rings (SSSR count). The fourth-order valence-electron chi connectivity index (χ4n) is 3.12. The number of para-hydroxylation sites is 1. The number of likely N-dealkylation sites (N-methyl/N-ethyl adjacent to an activating group) is 1. The number of guanidine groups is 1. The minimum absolute atomic E-state index is 0. The molecule has 31 heavy (non-hydrogen) atoms. The largest absolute Gasteiger partial charge is 0.491 e. The number of hydrogen-bond donors (Lipinski definition) is 2. The maximum atomic E-state index is 12.3. The van der Waals surface area contributed by atoms with Crippen LogP contribution in [0.3, 0.4) is 0 Å². The highest BCUT2D eigenvalue weighted by Gasteiger charge is 2.17. The number of rotatable bonds is 11. The molecule has 8 nitrogen and oxygen atoms in total. The van der Waals surface area contributed by atoms with E-state index in [-0.39, 0.29) is 42.4 Å². The molecule has 0 aromatic heterocycles. The highest BCUT2D eigenvalue weighted by atomic mass is 127. The molecule has 1 aliphatic heterocycles. The van der Waals surface area contributed by atoms with Gasteiger partial charge in [-0.3, -0.25) is 4.99 Å². The molecule has 0 saturated carbocycles. The van der Waals surface area contributed by atoms with Crippen LogP contribution in [-0.4, -0.2) is 77.6 Å². The average Bonchev–Trinajstić information content (AvgIpc) is 2.74. The van der Waals surface area contributed by atoms with Crippen LogP contribution in [0.25, 0.3) is 0 Å². The summed E-state index contributed by atoms with van der Waals surface area (Å²) in [4.78, 5) is 6.40. The van der Waals surface area contributed by atoms with E-state index in [4.69, 9.17) is 9.47 Å². The van der Waals surface area contributed by atoms with Gasteiger partial charge >= 0.3 is 0 Å². The van der Waals surface area contributed by atoms with Crippen molar-refractivity contribution in [2.24, 2.45) is 4.99 Å². The second-order valence-corrected chi connectivity index (χ2v) is 9.35. The predicted molar refractivity (Wildman–Crippen MR) is 136 cm³/mol. The number of hydrogen-bond acceptors (Lipinski definition) is 5. The van der Waals surface area contributed by atoms with Crippen LogP contribution in [0.5, 0.6) is 5.75 Å². The molecule has 10 heteroatoms. The molecule has 0 bridgehead atoms. The lowest BCUT2D eigenvalue weighted by molar-refractivity contribution is 0.0200. The smallest absolute Gasteiger partial charge is 0.213 e. The van der Waals surface area contributed by atoms with Gasteiger partial charge in [0.15, 0.2) is 5.96 Å². The van der Waals surface area contributed by atoms with E-state index in [1.165, 1.54) is 0 Å². The third-order valence-corrected chi connectivity index (χ3v) is 6.23. The Bertz CT molecular complexity index is 770. The van der Waals surface area contributed by atoms with Crippen molar-refractivity contribution >= 4 is 40.0 Å². The zero-order chi connectivity index (χ0) is 21.8. The zero-order valence-corrected chi connectivity index (χ0v) is 21.9. The molecule has 1 aromatic carbocycles. The molecule has 1 aromatic rings. The number of aliphatic imine (C=N–C) groups is 1. The molecule has 0 amide bonds. The fraction of sp³-hybridized carbons (Fsp3) is 0.667. The van der Waals surface area contributed by atoms with E-state index in [9.17, 15) is 8.42 Å². The minimum atomic E-state index is -3.38. The molecule has 178 valence electrons. The van der Waals surface area contributed by atoms with Crippen molar-refractivity contribution in [3.8, 4) is 5.75 Å². The Morgan fingerprint density at radius 1 is 1.32 bits per heavy atom. The lowest BCUT2D eigenvalue weighted by Crippen LogP contribution is -2.41. The van der Waals surface area contributed by atoms with Gasteiger partial charge in [0.25, 0.3) is 0 Å². The van der Waals surface area contributed by atoms with Gasteiger partial charge < -0.3 is 19.7 Å². The Hall–Kier alpha value is -1.11. The topological polar surface area (TPSA) is 92.3 Å². The van der Waals surface area contributed by atoms with Crippen molar-refractivity contribution in [2.45, 2.75) is 39.2 Å². The fourth-order valence-corrected chi connectivity index (χ4v) is 4.03. The van der Waals surface area contributed by atoms with Crippen molar-refractivity contribution in [1.82, 2.24) is 14.9 Å². The van der Waals surface area contributed by atoms with Crippen LogP contribution in [0.4, 0.5) is 0 Å². The molecule has 0 radical (unpaired) electrons. The summed E-state index contributed by atoms with van der Waals surface area (Å²) < 4.78 is 38.6. The molecule has 2 N–H and O–H groups in total. The summed E-state index contributed by atoms with van der Waals surface area (Å²) >= 11 is 0. The number of nitrogens with one attached hydrogen (secondary N) is 2. The summed E-state index contributed by atoms with van der Waals surface area (Å²) in [6.45, 7) is 7.06. The first-order valence-corrected chi connectivity index (χ1v) is 12.3. The van der Waals surface area contributed by atoms with E-state index in [2.05, 4.69) is 15.0 Å². The van der Waals surface area contributed by atoms with Gasteiger partial charge in [-0.25, -0.2) is 13.1 Å². The molecule has 1 saturated heterocycles. The van der Waals surface area contributed by atoms with E-state index in [1.807, 2.05) is 50.1 Å². The molecule has 1 aliphatic rings. The standard InChI is InChI=1S/C21H36N4O4S.HI/c1-4-22-21(25(3)13-15-29-20-11-6-5-9-18(20)2)23-12-16-30(26,27)24-17-19-10-7-8-14-28-19;/h5-6,9,11,19,24H,4,7-8,10,12-17H2,1-3H3,(H,22,23);1H. The Morgan fingerprint density at radius 2 is 2.10 bits per heavy atom. The van der Waals surface area contributed by atoms with Crippen LogP contribution >= 0.6 is 24.0 Å². The van der Waals surface area contributed by atoms with Crippen LogP contribution in [0, 0.1) is 6.92 Å². The number of aryl methyl sites for hydroxylation is 1. The maximum Gasteiger partial charge on any atom is 0.213 e. The number of nitrogens with zero attached hydrogens (tertiary/aromatic N) is 2. The van der Waals surface area contributed by atoms with E-state index < -0.39 is 10.0 Å². The highest BCUT2D eigenvalue weighted by Crippen LogP contribution is 2.15. The highest BCUT2D eigenvalue weighted by molar-refractivity contribution is 14.0. The third-order valence-electron chi connectivity index (χ3n) is 4.90. The Morgan fingerprint density at radius 3 is 2.77 bits per heavy atom. The normalized spacial score (nSPS) is 17.0. The quantitative estimate of drug-likeness (QED) is 0.242. The first-order valence-electron chi connectivity index (χ1n) is 10.7. The summed E-state index contributed by atoms with van der Waals surface area (Å²) in [6.07, 6.45) is 3.02. The minimum Gasteiger partial charge on any atom is -0.491 e. The molecular weight excluding hydrogens is 531 g/mol. The molecular formula is C21H37IN4O4S. The number of halogens is 1. The number of benzene rings is 1. The molecule has 1 unspecified atom stereocenters. The first-order chi connectivity index (χ1) is 14.4. The van der Waals surface area contributed by atoms with Crippen molar-refractivity contribution < 1.29 is 17.9 Å². The number of ether oxygens (including phenoxy) is 2. The SMILES string of the molecule is CCNC(=NCCS(=O)(=O)NCC1CCCCO1)N(C)CCOc1ccccc1C.I. The van der Waals surface area contributed by atoms with Crippen LogP contribution in [0.15, 0.2) is 29.3 Å². The first kappa shape index (κ1) is 27.9. The summed E-state index contributed by atoms with van der Waals surface area (Å²) in [6, 6.07) is 7.89. The Labute approximate surface area is 204 Å². The lowest BCUT2D eigenvalue weighted by Gasteiger charge is -2.23. The second kappa shape index (κ2) is 14.9. The average molecular weight is 569 g/mol. The Balaban J connectivity index is 0.00000480. The van der Waals surface area contributed by atoms with E-state index in [0.29, 0.717) is 38.8 Å². The van der Waals surface area contributed by atoms with Crippen LogP contribution in [0.1, 0.15) is 31.7 Å². The Kier molecular flexibility index (Phi) is 13.4. The number of sulfonamides is 1. The molecule has 1 heterocycles. The summed E-state index contributed by atoms with van der Waals surface area (Å²) in [5.41, 5.74) is 1.09. The van der Waals surface area contributed by atoms with Gasteiger partial charge in [-0.05, 0) is 44.7 Å². The molecule has 1 atom stereocenters. The van der Waals surface area contributed by atoms with Gasteiger partial charge in [-0.1, -0.05) is 18.2 Å². The van der Waals surface area contributed by atoms with Crippen LogP contribution < -0.4 is 14.8 Å². The summed E-state index contributed by atoms with van der Waals surface area (Å²) in [5, 5.41) is 3.20. The van der Waals surface area contributed by atoms with Gasteiger partial charge in [0.1, 0.15) is 12.4 Å².